The SMILES string of the molecule is O=C(O)[C@@H]1C[C@H](O)CN1C(=O)c1ccc(Br)cn1. The van der Waals surface area contributed by atoms with E-state index in [1.165, 1.54) is 12.3 Å². The molecular formula is C11H11BrN2O4. The van der Waals surface area contributed by atoms with Crippen molar-refractivity contribution in [3.05, 3.63) is 28.5 Å². The number of aliphatic carboxylic acids is 1. The van der Waals surface area contributed by atoms with Crippen molar-refractivity contribution in [1.82, 2.24) is 9.88 Å². The Balaban J connectivity index is 2.22. The smallest absolute Gasteiger partial charge is 0.326 e. The summed E-state index contributed by atoms with van der Waals surface area (Å²) in [6.07, 6.45) is 0.720. The summed E-state index contributed by atoms with van der Waals surface area (Å²) >= 11 is 3.20. The predicted octanol–water partition coefficient (Wildman–Crippen LogP) is 0.504. The number of amides is 1. The summed E-state index contributed by atoms with van der Waals surface area (Å²) in [6, 6.07) is 2.18. The molecule has 0 aliphatic carbocycles. The number of likely N-dealkylation sites (tertiary alicyclic amines) is 1. The van der Waals surface area contributed by atoms with Crippen LogP contribution in [0, 0.1) is 0 Å². The van der Waals surface area contributed by atoms with Gasteiger partial charge in [0, 0.05) is 23.6 Å². The van der Waals surface area contributed by atoms with Crippen LogP contribution in [-0.2, 0) is 4.79 Å². The van der Waals surface area contributed by atoms with Crippen LogP contribution in [-0.4, -0.2) is 50.7 Å². The van der Waals surface area contributed by atoms with Gasteiger partial charge in [0.1, 0.15) is 11.7 Å². The fraction of sp³-hybridized carbons (Fsp3) is 0.364. The molecule has 7 heteroatoms. The van der Waals surface area contributed by atoms with Gasteiger partial charge in [-0.15, -0.1) is 0 Å². The minimum absolute atomic E-state index is 0.0214. The largest absolute Gasteiger partial charge is 0.480 e. The van der Waals surface area contributed by atoms with Crippen LogP contribution in [0.2, 0.25) is 0 Å². The Morgan fingerprint density at radius 1 is 1.44 bits per heavy atom. The Hall–Kier alpha value is -1.47. The first-order valence-electron chi connectivity index (χ1n) is 5.32. The minimum Gasteiger partial charge on any atom is -0.480 e. The van der Waals surface area contributed by atoms with E-state index >= 15 is 0 Å². The minimum atomic E-state index is -1.11. The van der Waals surface area contributed by atoms with Gasteiger partial charge >= 0.3 is 5.97 Å². The van der Waals surface area contributed by atoms with E-state index in [2.05, 4.69) is 20.9 Å². The molecular weight excluding hydrogens is 304 g/mol. The maximum Gasteiger partial charge on any atom is 0.326 e. The average Bonchev–Trinajstić information content (AvgIpc) is 2.71. The van der Waals surface area contributed by atoms with Crippen LogP contribution in [0.3, 0.4) is 0 Å². The highest BCUT2D eigenvalue weighted by Gasteiger charge is 2.39. The van der Waals surface area contributed by atoms with Gasteiger partial charge in [-0.3, -0.25) is 4.79 Å². The van der Waals surface area contributed by atoms with Crippen molar-refractivity contribution in [3.8, 4) is 0 Å². The van der Waals surface area contributed by atoms with Crippen LogP contribution in [0.4, 0.5) is 0 Å². The number of carbonyl (C=O) groups is 2. The number of aliphatic hydroxyl groups is 1. The highest BCUT2D eigenvalue weighted by Crippen LogP contribution is 2.20. The summed E-state index contributed by atoms with van der Waals surface area (Å²) in [7, 11) is 0. The molecule has 2 rings (SSSR count). The molecule has 1 fully saturated rings. The first-order valence-corrected chi connectivity index (χ1v) is 6.11. The Bertz CT molecular complexity index is 476. The van der Waals surface area contributed by atoms with Crippen molar-refractivity contribution in [1.29, 1.82) is 0 Å². The number of β-amino-alcohol motifs (C(OH)–C–C–N with tert-alkyl or cyclic N) is 1. The predicted molar refractivity (Wildman–Crippen MR) is 65.0 cm³/mol. The number of aromatic nitrogens is 1. The van der Waals surface area contributed by atoms with Crippen molar-refractivity contribution in [2.75, 3.05) is 6.54 Å². The number of rotatable bonds is 2. The highest BCUT2D eigenvalue weighted by atomic mass is 79.9. The average molecular weight is 315 g/mol. The monoisotopic (exact) mass is 314 g/mol. The number of pyridine rings is 1. The second-order valence-electron chi connectivity index (χ2n) is 4.06. The molecule has 1 aromatic heterocycles. The lowest BCUT2D eigenvalue weighted by atomic mass is 10.2. The quantitative estimate of drug-likeness (QED) is 0.829. The van der Waals surface area contributed by atoms with E-state index < -0.39 is 24.0 Å². The molecule has 6 nitrogen and oxygen atoms in total. The van der Waals surface area contributed by atoms with Crippen LogP contribution in [0.15, 0.2) is 22.8 Å². The van der Waals surface area contributed by atoms with E-state index in [9.17, 15) is 14.7 Å². The van der Waals surface area contributed by atoms with Crippen LogP contribution in [0.5, 0.6) is 0 Å². The molecule has 0 bridgehead atoms. The number of hydrogen-bond acceptors (Lipinski definition) is 4. The molecule has 1 aliphatic rings. The third-order valence-corrected chi connectivity index (χ3v) is 3.24. The van der Waals surface area contributed by atoms with E-state index in [1.807, 2.05) is 0 Å². The second-order valence-corrected chi connectivity index (χ2v) is 4.98. The van der Waals surface area contributed by atoms with Crippen molar-refractivity contribution in [2.24, 2.45) is 0 Å². The summed E-state index contributed by atoms with van der Waals surface area (Å²) in [5.41, 5.74) is 0.165. The Labute approximate surface area is 111 Å². The van der Waals surface area contributed by atoms with Crippen molar-refractivity contribution >= 4 is 27.8 Å². The molecule has 1 amide bonds. The van der Waals surface area contributed by atoms with Gasteiger partial charge in [0.25, 0.3) is 5.91 Å². The number of halogens is 1. The van der Waals surface area contributed by atoms with E-state index in [4.69, 9.17) is 5.11 Å². The molecule has 2 atom stereocenters. The van der Waals surface area contributed by atoms with Crippen LogP contribution < -0.4 is 0 Å². The van der Waals surface area contributed by atoms with Crippen molar-refractivity contribution < 1.29 is 19.8 Å². The standard InChI is InChI=1S/C11H11BrN2O4/c12-6-1-2-8(13-4-6)10(16)14-5-7(15)3-9(14)11(17)18/h1-2,4,7,9,15H,3,5H2,(H,17,18)/t7-,9-/m0/s1. The van der Waals surface area contributed by atoms with E-state index in [1.54, 1.807) is 6.07 Å². The van der Waals surface area contributed by atoms with Gasteiger partial charge in [-0.2, -0.15) is 0 Å². The van der Waals surface area contributed by atoms with Gasteiger partial charge in [-0.1, -0.05) is 0 Å². The zero-order chi connectivity index (χ0) is 13.3. The first-order chi connectivity index (χ1) is 8.49. The molecule has 0 saturated carbocycles. The van der Waals surface area contributed by atoms with Gasteiger partial charge < -0.3 is 15.1 Å². The maximum atomic E-state index is 12.1. The Morgan fingerprint density at radius 2 is 2.17 bits per heavy atom. The normalized spacial score (nSPS) is 23.1. The van der Waals surface area contributed by atoms with Gasteiger partial charge in [0.15, 0.2) is 0 Å². The lowest BCUT2D eigenvalue weighted by Crippen LogP contribution is -2.40. The molecule has 0 unspecified atom stereocenters. The number of hydrogen-bond donors (Lipinski definition) is 2. The second kappa shape index (κ2) is 5.03. The maximum absolute atomic E-state index is 12.1. The topological polar surface area (TPSA) is 90.7 Å². The molecule has 2 N–H and O–H groups in total. The molecule has 0 aromatic carbocycles. The number of carboxylic acid groups (broad SMARTS) is 1. The fourth-order valence-corrected chi connectivity index (χ4v) is 2.16. The molecule has 2 heterocycles. The molecule has 18 heavy (non-hydrogen) atoms. The molecule has 96 valence electrons. The van der Waals surface area contributed by atoms with Gasteiger partial charge in [0.05, 0.1) is 6.10 Å². The zero-order valence-electron chi connectivity index (χ0n) is 9.28. The number of nitrogens with zero attached hydrogens (tertiary/aromatic N) is 2. The van der Waals surface area contributed by atoms with Gasteiger partial charge in [-0.25, -0.2) is 9.78 Å². The van der Waals surface area contributed by atoms with E-state index in [-0.39, 0.29) is 18.7 Å². The van der Waals surface area contributed by atoms with Crippen LogP contribution >= 0.6 is 15.9 Å². The van der Waals surface area contributed by atoms with Crippen LogP contribution in [0.1, 0.15) is 16.9 Å². The van der Waals surface area contributed by atoms with E-state index in [0.29, 0.717) is 0 Å². The zero-order valence-corrected chi connectivity index (χ0v) is 10.9. The lowest BCUT2D eigenvalue weighted by molar-refractivity contribution is -0.141. The van der Waals surface area contributed by atoms with Gasteiger partial charge in [0.2, 0.25) is 0 Å². The number of aliphatic hydroxyl groups excluding tert-OH is 1. The third kappa shape index (κ3) is 2.51. The Morgan fingerprint density at radius 3 is 2.72 bits per heavy atom. The summed E-state index contributed by atoms with van der Waals surface area (Å²) in [6.45, 7) is 0.0214. The van der Waals surface area contributed by atoms with Crippen LogP contribution in [0.25, 0.3) is 0 Å². The summed E-state index contributed by atoms with van der Waals surface area (Å²) in [4.78, 5) is 28.2. The van der Waals surface area contributed by atoms with Gasteiger partial charge in [-0.05, 0) is 28.1 Å². The molecule has 0 radical (unpaired) electrons. The molecule has 1 aliphatic heterocycles. The summed E-state index contributed by atoms with van der Waals surface area (Å²) in [5, 5.41) is 18.5. The van der Waals surface area contributed by atoms with Crippen molar-refractivity contribution in [2.45, 2.75) is 18.6 Å². The first kappa shape index (κ1) is 13.0. The molecule has 0 spiro atoms. The molecule has 1 aromatic rings. The van der Waals surface area contributed by atoms with E-state index in [0.717, 1.165) is 9.37 Å². The molecule has 1 saturated heterocycles. The fourth-order valence-electron chi connectivity index (χ4n) is 1.92. The van der Waals surface area contributed by atoms with Crippen molar-refractivity contribution in [3.63, 3.8) is 0 Å². The number of carboxylic acids is 1. The summed E-state index contributed by atoms with van der Waals surface area (Å²) < 4.78 is 0.732. The number of carbonyl (C=O) groups excluding carboxylic acids is 1. The summed E-state index contributed by atoms with van der Waals surface area (Å²) in [5.74, 6) is -1.59. The third-order valence-electron chi connectivity index (χ3n) is 2.77. The Kier molecular flexibility index (Phi) is 3.63. The lowest BCUT2D eigenvalue weighted by Gasteiger charge is -2.20. The highest BCUT2D eigenvalue weighted by molar-refractivity contribution is 9.10.